The van der Waals surface area contributed by atoms with E-state index in [2.05, 4.69) is 6.07 Å². The fourth-order valence-electron chi connectivity index (χ4n) is 3.59. The Kier molecular flexibility index (Phi) is 5.90. The zero-order valence-corrected chi connectivity index (χ0v) is 16.3. The van der Waals surface area contributed by atoms with E-state index < -0.39 is 0 Å². The maximum absolute atomic E-state index is 13.2. The molecule has 4 nitrogen and oxygen atoms in total. The van der Waals surface area contributed by atoms with Gasteiger partial charge in [0.2, 0.25) is 0 Å². The number of nitriles is 1. The molecule has 0 fully saturated rings. The van der Waals surface area contributed by atoms with Crippen molar-refractivity contribution in [2.45, 2.75) is 25.7 Å². The van der Waals surface area contributed by atoms with Gasteiger partial charge < -0.3 is 10.0 Å². The predicted molar refractivity (Wildman–Crippen MR) is 111 cm³/mol. The van der Waals surface area contributed by atoms with E-state index in [4.69, 9.17) is 5.11 Å². The molecule has 0 bridgehead atoms. The highest BCUT2D eigenvalue weighted by molar-refractivity contribution is 7.16. The number of hydrogen-bond donors (Lipinski definition) is 1. The number of amides is 1. The molecular formula is C22H22N2O2S. The minimum absolute atomic E-state index is 0.0631. The Morgan fingerprint density at radius 3 is 2.59 bits per heavy atom. The molecule has 0 radical (unpaired) electrons. The second-order valence-corrected chi connectivity index (χ2v) is 7.48. The number of anilines is 1. The van der Waals surface area contributed by atoms with Crippen molar-refractivity contribution in [3.8, 4) is 6.07 Å². The average Bonchev–Trinajstić information content (AvgIpc) is 3.12. The molecule has 0 aliphatic heterocycles. The molecule has 1 N–H and O–H groups in total. The van der Waals surface area contributed by atoms with Crippen LogP contribution in [0.2, 0.25) is 0 Å². The highest BCUT2D eigenvalue weighted by atomic mass is 32.1. The number of benzene rings is 2. The Balaban J connectivity index is 0.00000102. The zero-order valence-electron chi connectivity index (χ0n) is 15.5. The molecule has 1 amide bonds. The second-order valence-electron chi connectivity index (χ2n) is 6.39. The van der Waals surface area contributed by atoms with Gasteiger partial charge in [0, 0.05) is 24.6 Å². The molecule has 4 rings (SSSR count). The number of carbonyl (C=O) groups excluding carboxylic acids is 1. The van der Waals surface area contributed by atoms with Gasteiger partial charge in [0.25, 0.3) is 5.91 Å². The van der Waals surface area contributed by atoms with Gasteiger partial charge in [-0.1, -0.05) is 36.4 Å². The maximum atomic E-state index is 13.2. The first kappa shape index (κ1) is 19.1. The van der Waals surface area contributed by atoms with Gasteiger partial charge in [-0.25, -0.2) is 0 Å². The molecule has 2 aromatic carbocycles. The van der Waals surface area contributed by atoms with Crippen LogP contribution >= 0.6 is 11.3 Å². The van der Waals surface area contributed by atoms with Crippen LogP contribution in [-0.4, -0.2) is 25.2 Å². The Morgan fingerprint density at radius 1 is 1.11 bits per heavy atom. The van der Waals surface area contributed by atoms with Gasteiger partial charge >= 0.3 is 0 Å². The first-order chi connectivity index (χ1) is 13.2. The van der Waals surface area contributed by atoms with Crippen molar-refractivity contribution in [2.24, 2.45) is 0 Å². The van der Waals surface area contributed by atoms with E-state index in [1.807, 2.05) is 42.5 Å². The molecular weight excluding hydrogens is 356 g/mol. The first-order valence-electron chi connectivity index (χ1n) is 8.96. The van der Waals surface area contributed by atoms with Gasteiger partial charge in [0.05, 0.1) is 5.56 Å². The SMILES string of the molecule is CN(C(=O)c1cccc2ccccc12)c1sc2c(c1C#N)CCCC2.CO. The van der Waals surface area contributed by atoms with Crippen molar-refractivity contribution in [3.05, 3.63) is 64.0 Å². The summed E-state index contributed by atoms with van der Waals surface area (Å²) in [6, 6.07) is 16.0. The van der Waals surface area contributed by atoms with Gasteiger partial charge in [0.1, 0.15) is 11.1 Å². The Morgan fingerprint density at radius 2 is 1.81 bits per heavy atom. The van der Waals surface area contributed by atoms with E-state index in [1.54, 1.807) is 23.3 Å². The van der Waals surface area contributed by atoms with Crippen LogP contribution in [0.5, 0.6) is 0 Å². The van der Waals surface area contributed by atoms with Crippen molar-refractivity contribution < 1.29 is 9.90 Å². The van der Waals surface area contributed by atoms with Gasteiger partial charge in [-0.2, -0.15) is 5.26 Å². The third-order valence-corrected chi connectivity index (χ3v) is 6.26. The molecule has 1 aromatic heterocycles. The Bertz CT molecular complexity index is 1010. The number of nitrogens with zero attached hydrogens (tertiary/aromatic N) is 2. The molecule has 1 aliphatic rings. The lowest BCUT2D eigenvalue weighted by Gasteiger charge is -2.17. The van der Waals surface area contributed by atoms with Crippen molar-refractivity contribution in [1.82, 2.24) is 0 Å². The highest BCUT2D eigenvalue weighted by Gasteiger charge is 2.26. The fraction of sp³-hybridized carbons (Fsp3) is 0.273. The molecule has 138 valence electrons. The van der Waals surface area contributed by atoms with Crippen molar-refractivity contribution in [2.75, 3.05) is 19.1 Å². The van der Waals surface area contributed by atoms with Crippen LogP contribution in [0.4, 0.5) is 5.00 Å². The van der Waals surface area contributed by atoms with Crippen molar-refractivity contribution in [3.63, 3.8) is 0 Å². The summed E-state index contributed by atoms with van der Waals surface area (Å²) in [5.74, 6) is -0.0631. The highest BCUT2D eigenvalue weighted by Crippen LogP contribution is 2.40. The average molecular weight is 378 g/mol. The van der Waals surface area contributed by atoms with Gasteiger partial charge in [-0.3, -0.25) is 4.79 Å². The largest absolute Gasteiger partial charge is 0.400 e. The molecule has 3 aromatic rings. The van der Waals surface area contributed by atoms with E-state index in [-0.39, 0.29) is 5.91 Å². The van der Waals surface area contributed by atoms with E-state index in [1.165, 1.54) is 11.3 Å². The molecule has 1 heterocycles. The monoisotopic (exact) mass is 378 g/mol. The number of aliphatic hydroxyl groups is 1. The maximum Gasteiger partial charge on any atom is 0.259 e. The Hall–Kier alpha value is -2.68. The second kappa shape index (κ2) is 8.34. The number of thiophene rings is 1. The topological polar surface area (TPSA) is 64.3 Å². The van der Waals surface area contributed by atoms with E-state index >= 15 is 0 Å². The lowest BCUT2D eigenvalue weighted by molar-refractivity contribution is 0.0995. The first-order valence-corrected chi connectivity index (χ1v) is 9.77. The molecule has 27 heavy (non-hydrogen) atoms. The molecule has 0 atom stereocenters. The van der Waals surface area contributed by atoms with Gasteiger partial charge in [-0.05, 0) is 48.1 Å². The lowest BCUT2D eigenvalue weighted by atomic mass is 9.96. The third-order valence-electron chi connectivity index (χ3n) is 4.89. The van der Waals surface area contributed by atoms with E-state index in [0.29, 0.717) is 11.1 Å². The van der Waals surface area contributed by atoms with E-state index in [0.717, 1.165) is 47.7 Å². The van der Waals surface area contributed by atoms with Gasteiger partial charge in [0.15, 0.2) is 0 Å². The van der Waals surface area contributed by atoms with Crippen LogP contribution in [0.1, 0.15) is 39.2 Å². The summed E-state index contributed by atoms with van der Waals surface area (Å²) >= 11 is 1.61. The molecule has 5 heteroatoms. The summed E-state index contributed by atoms with van der Waals surface area (Å²) in [5, 5.41) is 19.4. The minimum Gasteiger partial charge on any atom is -0.400 e. The molecule has 0 spiro atoms. The molecule has 1 aliphatic carbocycles. The molecule has 0 saturated heterocycles. The van der Waals surface area contributed by atoms with Crippen molar-refractivity contribution >= 4 is 33.0 Å². The zero-order chi connectivity index (χ0) is 19.4. The van der Waals surface area contributed by atoms with Crippen LogP contribution in [0.15, 0.2) is 42.5 Å². The number of fused-ring (bicyclic) bond motifs is 2. The summed E-state index contributed by atoms with van der Waals surface area (Å²) < 4.78 is 0. The predicted octanol–water partition coefficient (Wildman–Crippen LogP) is 4.54. The Labute approximate surface area is 163 Å². The van der Waals surface area contributed by atoms with Crippen LogP contribution in [0, 0.1) is 11.3 Å². The number of rotatable bonds is 2. The van der Waals surface area contributed by atoms with Crippen LogP contribution in [0.3, 0.4) is 0 Å². The van der Waals surface area contributed by atoms with Crippen LogP contribution in [0.25, 0.3) is 10.8 Å². The summed E-state index contributed by atoms with van der Waals surface area (Å²) in [7, 11) is 2.78. The molecule has 0 saturated carbocycles. The van der Waals surface area contributed by atoms with Crippen LogP contribution in [-0.2, 0) is 12.8 Å². The number of carbonyl (C=O) groups is 1. The molecule has 0 unspecified atom stereocenters. The number of aliphatic hydroxyl groups excluding tert-OH is 1. The fourth-order valence-corrected chi connectivity index (χ4v) is 4.89. The van der Waals surface area contributed by atoms with E-state index in [9.17, 15) is 10.1 Å². The van der Waals surface area contributed by atoms with Gasteiger partial charge in [-0.15, -0.1) is 11.3 Å². The lowest BCUT2D eigenvalue weighted by Crippen LogP contribution is -2.26. The minimum atomic E-state index is -0.0631. The summed E-state index contributed by atoms with van der Waals surface area (Å²) in [4.78, 5) is 16.1. The van der Waals surface area contributed by atoms with Crippen molar-refractivity contribution in [1.29, 1.82) is 5.26 Å². The number of aryl methyl sites for hydroxylation is 1. The summed E-state index contributed by atoms with van der Waals surface area (Å²) in [5.41, 5.74) is 2.53. The number of hydrogen-bond acceptors (Lipinski definition) is 4. The smallest absolute Gasteiger partial charge is 0.259 e. The summed E-state index contributed by atoms with van der Waals surface area (Å²) in [6.07, 6.45) is 4.26. The standard InChI is InChI=1S/C21H18N2OS.CH4O/c1-23(21-18(13-22)16-10-4-5-12-19(16)25-21)20(24)17-11-6-8-14-7-2-3-9-15(14)17;1-2/h2-3,6-9,11H,4-5,10,12H2,1H3;2H,1H3. The third kappa shape index (κ3) is 3.46. The quantitative estimate of drug-likeness (QED) is 0.712. The summed E-state index contributed by atoms with van der Waals surface area (Å²) in [6.45, 7) is 0. The van der Waals surface area contributed by atoms with Crippen LogP contribution < -0.4 is 4.90 Å². The normalized spacial score (nSPS) is 12.5.